The fourth-order valence-corrected chi connectivity index (χ4v) is 2.65. The first-order valence-corrected chi connectivity index (χ1v) is 9.15. The molecule has 0 fully saturated rings. The summed E-state index contributed by atoms with van der Waals surface area (Å²) in [5.41, 5.74) is 1.66. The van der Waals surface area contributed by atoms with Crippen LogP contribution in [0.4, 0.5) is 5.69 Å². The van der Waals surface area contributed by atoms with Crippen LogP contribution in [-0.2, 0) is 14.3 Å². The molecule has 0 radical (unpaired) electrons. The van der Waals surface area contributed by atoms with Crippen LogP contribution in [0.2, 0.25) is 0 Å². The Morgan fingerprint density at radius 2 is 1.89 bits per heavy atom. The summed E-state index contributed by atoms with van der Waals surface area (Å²) in [5, 5.41) is 2.67. The van der Waals surface area contributed by atoms with Crippen LogP contribution in [0.3, 0.4) is 0 Å². The number of carbonyl (C=O) groups is 2. The second kappa shape index (κ2) is 9.64. The minimum absolute atomic E-state index is 0.184. The third-order valence-corrected chi connectivity index (χ3v) is 3.97. The number of hydrogen-bond acceptors (Lipinski definition) is 6. The summed E-state index contributed by atoms with van der Waals surface area (Å²) in [6.07, 6.45) is 0.694. The highest BCUT2D eigenvalue weighted by molar-refractivity contribution is 5.93. The Morgan fingerprint density at radius 3 is 2.71 bits per heavy atom. The molecule has 0 saturated carbocycles. The topological polar surface area (TPSA) is 83.1 Å². The molecular weight excluding hydrogens is 362 g/mol. The van der Waals surface area contributed by atoms with E-state index in [4.69, 9.17) is 18.9 Å². The van der Waals surface area contributed by atoms with Crippen LogP contribution in [-0.4, -0.2) is 38.3 Å². The van der Waals surface area contributed by atoms with Crippen molar-refractivity contribution in [2.45, 2.75) is 19.8 Å². The quantitative estimate of drug-likeness (QED) is 0.555. The average molecular weight is 385 g/mol. The third-order valence-electron chi connectivity index (χ3n) is 3.97. The van der Waals surface area contributed by atoms with E-state index in [-0.39, 0.29) is 13.0 Å². The summed E-state index contributed by atoms with van der Waals surface area (Å²) in [4.78, 5) is 23.7. The number of aryl methyl sites for hydroxylation is 1. The van der Waals surface area contributed by atoms with Gasteiger partial charge in [0.2, 0.25) is 0 Å². The molecule has 3 rings (SSSR count). The zero-order chi connectivity index (χ0) is 19.8. The Morgan fingerprint density at radius 1 is 1.07 bits per heavy atom. The van der Waals surface area contributed by atoms with E-state index < -0.39 is 11.9 Å². The molecule has 2 aromatic carbocycles. The third kappa shape index (κ3) is 5.90. The number of rotatable bonds is 8. The van der Waals surface area contributed by atoms with Crippen molar-refractivity contribution < 1.29 is 28.5 Å². The highest BCUT2D eigenvalue weighted by Crippen LogP contribution is 2.32. The van der Waals surface area contributed by atoms with Gasteiger partial charge in [-0.15, -0.1) is 0 Å². The van der Waals surface area contributed by atoms with Gasteiger partial charge in [-0.25, -0.2) is 0 Å². The van der Waals surface area contributed by atoms with Crippen molar-refractivity contribution in [1.29, 1.82) is 0 Å². The fraction of sp³-hybridized carbons (Fsp3) is 0.333. The van der Waals surface area contributed by atoms with Gasteiger partial charge in [0.25, 0.3) is 5.91 Å². The highest BCUT2D eigenvalue weighted by Gasteiger charge is 2.13. The number of esters is 1. The first-order chi connectivity index (χ1) is 13.6. The van der Waals surface area contributed by atoms with Crippen molar-refractivity contribution in [3.63, 3.8) is 0 Å². The van der Waals surface area contributed by atoms with Crippen LogP contribution < -0.4 is 19.5 Å². The van der Waals surface area contributed by atoms with Gasteiger partial charge < -0.3 is 24.3 Å². The summed E-state index contributed by atoms with van der Waals surface area (Å²) in [7, 11) is 0. The van der Waals surface area contributed by atoms with E-state index in [1.54, 1.807) is 18.2 Å². The maximum atomic E-state index is 11.9. The number of benzene rings is 2. The maximum Gasteiger partial charge on any atom is 0.306 e. The fourth-order valence-electron chi connectivity index (χ4n) is 2.65. The lowest BCUT2D eigenvalue weighted by molar-refractivity contribution is -0.147. The van der Waals surface area contributed by atoms with Crippen LogP contribution in [0.1, 0.15) is 18.4 Å². The van der Waals surface area contributed by atoms with E-state index in [1.165, 1.54) is 0 Å². The molecular formula is C21H23NO6. The molecule has 7 heteroatoms. The smallest absolute Gasteiger partial charge is 0.306 e. The number of hydrogen-bond donors (Lipinski definition) is 1. The molecule has 1 amide bonds. The lowest BCUT2D eigenvalue weighted by Gasteiger charge is -2.19. The maximum absolute atomic E-state index is 11.9. The number of carbonyl (C=O) groups excluding carboxylic acids is 2. The number of anilines is 1. The lowest BCUT2D eigenvalue weighted by Crippen LogP contribution is -2.21. The predicted molar refractivity (Wildman–Crippen MR) is 103 cm³/mol. The first kappa shape index (κ1) is 19.5. The van der Waals surface area contributed by atoms with E-state index >= 15 is 0 Å². The molecule has 0 bridgehead atoms. The standard InChI is InChI=1S/C21H23NO6/c1-15-4-2-5-17(12-15)25-9-3-6-21(24)28-14-20(23)22-16-7-8-18-19(13-16)27-11-10-26-18/h2,4-5,7-8,12-13H,3,6,9-11,14H2,1H3,(H,22,23). The molecule has 28 heavy (non-hydrogen) atoms. The molecule has 1 heterocycles. The van der Waals surface area contributed by atoms with E-state index in [1.807, 2.05) is 31.2 Å². The number of ether oxygens (including phenoxy) is 4. The zero-order valence-electron chi connectivity index (χ0n) is 15.7. The van der Waals surface area contributed by atoms with Crippen LogP contribution in [0, 0.1) is 6.92 Å². The van der Waals surface area contributed by atoms with Gasteiger partial charge in [-0.1, -0.05) is 12.1 Å². The molecule has 1 aliphatic heterocycles. The Kier molecular flexibility index (Phi) is 6.73. The number of fused-ring (bicyclic) bond motifs is 1. The van der Waals surface area contributed by atoms with Crippen LogP contribution in [0.5, 0.6) is 17.2 Å². The van der Waals surface area contributed by atoms with Crippen molar-refractivity contribution in [3.8, 4) is 17.2 Å². The van der Waals surface area contributed by atoms with Gasteiger partial charge in [0, 0.05) is 18.2 Å². The summed E-state index contributed by atoms with van der Waals surface area (Å²) in [5.74, 6) is 1.14. The predicted octanol–water partition coefficient (Wildman–Crippen LogP) is 3.11. The number of nitrogens with one attached hydrogen (secondary N) is 1. The van der Waals surface area contributed by atoms with E-state index in [9.17, 15) is 9.59 Å². The van der Waals surface area contributed by atoms with Crippen LogP contribution in [0.25, 0.3) is 0 Å². The van der Waals surface area contributed by atoms with Gasteiger partial charge in [-0.2, -0.15) is 0 Å². The van der Waals surface area contributed by atoms with Gasteiger partial charge in [-0.05, 0) is 43.2 Å². The Bertz CT molecular complexity index is 835. The Balaban J connectivity index is 1.33. The monoisotopic (exact) mass is 385 g/mol. The summed E-state index contributed by atoms with van der Waals surface area (Å²) in [6.45, 7) is 3.02. The molecule has 148 valence electrons. The van der Waals surface area contributed by atoms with Crippen LogP contribution >= 0.6 is 0 Å². The molecule has 0 atom stereocenters. The normalized spacial score (nSPS) is 12.2. The number of amides is 1. The van der Waals surface area contributed by atoms with Gasteiger partial charge >= 0.3 is 5.97 Å². The molecule has 1 N–H and O–H groups in total. The lowest BCUT2D eigenvalue weighted by atomic mass is 10.2. The van der Waals surface area contributed by atoms with Crippen molar-refractivity contribution in [1.82, 2.24) is 0 Å². The van der Waals surface area contributed by atoms with E-state index in [2.05, 4.69) is 5.32 Å². The second-order valence-corrected chi connectivity index (χ2v) is 6.34. The minimum atomic E-state index is -0.440. The average Bonchev–Trinajstić information content (AvgIpc) is 2.70. The Hall–Kier alpha value is -3.22. The molecule has 0 saturated heterocycles. The molecule has 7 nitrogen and oxygen atoms in total. The summed E-state index contributed by atoms with van der Waals surface area (Å²) >= 11 is 0. The summed E-state index contributed by atoms with van der Waals surface area (Å²) < 4.78 is 21.5. The van der Waals surface area contributed by atoms with Crippen molar-refractivity contribution >= 4 is 17.6 Å². The minimum Gasteiger partial charge on any atom is -0.494 e. The van der Waals surface area contributed by atoms with Crippen molar-refractivity contribution in [2.75, 3.05) is 31.7 Å². The molecule has 0 unspecified atom stereocenters. The van der Waals surface area contributed by atoms with E-state index in [0.29, 0.717) is 43.4 Å². The SMILES string of the molecule is Cc1cccc(OCCCC(=O)OCC(=O)Nc2ccc3c(c2)OCCO3)c1. The summed E-state index contributed by atoms with van der Waals surface area (Å²) in [6, 6.07) is 12.8. The second-order valence-electron chi connectivity index (χ2n) is 6.34. The molecule has 0 aliphatic carbocycles. The molecule has 0 aromatic heterocycles. The molecule has 0 spiro atoms. The van der Waals surface area contributed by atoms with E-state index in [0.717, 1.165) is 11.3 Å². The highest BCUT2D eigenvalue weighted by atomic mass is 16.6. The van der Waals surface area contributed by atoms with Gasteiger partial charge in [0.15, 0.2) is 18.1 Å². The van der Waals surface area contributed by atoms with Gasteiger partial charge in [0.1, 0.15) is 19.0 Å². The molecule has 2 aromatic rings. The Labute approximate surface area is 163 Å². The van der Waals surface area contributed by atoms with Crippen molar-refractivity contribution in [3.05, 3.63) is 48.0 Å². The largest absolute Gasteiger partial charge is 0.494 e. The first-order valence-electron chi connectivity index (χ1n) is 9.15. The molecule has 1 aliphatic rings. The van der Waals surface area contributed by atoms with Crippen LogP contribution in [0.15, 0.2) is 42.5 Å². The van der Waals surface area contributed by atoms with Crippen molar-refractivity contribution in [2.24, 2.45) is 0 Å². The van der Waals surface area contributed by atoms with Gasteiger partial charge in [-0.3, -0.25) is 9.59 Å². The zero-order valence-corrected chi connectivity index (χ0v) is 15.7. The van der Waals surface area contributed by atoms with Gasteiger partial charge in [0.05, 0.1) is 6.61 Å².